The maximum absolute atomic E-state index is 5.43. The Morgan fingerprint density at radius 3 is 2.40 bits per heavy atom. The summed E-state index contributed by atoms with van der Waals surface area (Å²) in [5, 5.41) is 3.28. The third kappa shape index (κ3) is 4.32. The molecule has 1 saturated heterocycles. The third-order valence-electron chi connectivity index (χ3n) is 4.42. The highest BCUT2D eigenvalue weighted by atomic mass is 16.5. The van der Waals surface area contributed by atoms with Gasteiger partial charge in [0.05, 0.1) is 19.9 Å². The average molecular weight is 342 g/mol. The molecule has 0 radical (unpaired) electrons. The lowest BCUT2D eigenvalue weighted by atomic mass is 10.2. The van der Waals surface area contributed by atoms with E-state index in [9.17, 15) is 0 Å². The quantitative estimate of drug-likeness (QED) is 0.888. The van der Waals surface area contributed by atoms with E-state index in [2.05, 4.69) is 21.3 Å². The highest BCUT2D eigenvalue weighted by Gasteiger charge is 2.14. The first kappa shape index (κ1) is 17.3. The lowest BCUT2D eigenvalue weighted by Gasteiger charge is -2.22. The van der Waals surface area contributed by atoms with Gasteiger partial charge in [0.15, 0.2) is 0 Å². The van der Waals surface area contributed by atoms with Crippen molar-refractivity contribution in [1.82, 2.24) is 9.97 Å². The minimum atomic E-state index is 0.575. The van der Waals surface area contributed by atoms with Crippen LogP contribution in [-0.4, -0.2) is 37.3 Å². The first-order valence-electron chi connectivity index (χ1n) is 8.79. The van der Waals surface area contributed by atoms with E-state index in [1.54, 1.807) is 14.2 Å². The maximum atomic E-state index is 5.43. The van der Waals surface area contributed by atoms with Crippen LogP contribution in [0, 0.1) is 6.92 Å². The molecule has 1 aliphatic rings. The van der Waals surface area contributed by atoms with Crippen molar-refractivity contribution >= 4 is 17.5 Å². The Morgan fingerprint density at radius 2 is 1.72 bits per heavy atom. The van der Waals surface area contributed by atoms with Gasteiger partial charge < -0.3 is 19.7 Å². The number of nitrogens with zero attached hydrogens (tertiary/aromatic N) is 3. The first-order chi connectivity index (χ1) is 12.2. The molecule has 1 aromatic heterocycles. The summed E-state index contributed by atoms with van der Waals surface area (Å²) in [6.07, 6.45) is 5.03. The minimum absolute atomic E-state index is 0.575. The monoisotopic (exact) mass is 342 g/mol. The molecule has 2 heterocycles. The molecule has 134 valence electrons. The van der Waals surface area contributed by atoms with E-state index >= 15 is 0 Å². The zero-order valence-electron chi connectivity index (χ0n) is 15.2. The van der Waals surface area contributed by atoms with E-state index in [4.69, 9.17) is 14.5 Å². The minimum Gasteiger partial charge on any atom is -0.497 e. The molecule has 6 nitrogen and oxygen atoms in total. The number of anilines is 3. The van der Waals surface area contributed by atoms with Crippen molar-refractivity contribution in [3.8, 4) is 11.5 Å². The first-order valence-corrected chi connectivity index (χ1v) is 8.79. The largest absolute Gasteiger partial charge is 0.497 e. The summed E-state index contributed by atoms with van der Waals surface area (Å²) in [7, 11) is 3.29. The number of nitrogens with one attached hydrogen (secondary N) is 1. The van der Waals surface area contributed by atoms with Crippen LogP contribution in [0.1, 0.15) is 31.4 Å². The molecular weight excluding hydrogens is 316 g/mol. The molecule has 1 fully saturated rings. The molecule has 2 aromatic rings. The summed E-state index contributed by atoms with van der Waals surface area (Å²) >= 11 is 0. The fourth-order valence-electron chi connectivity index (χ4n) is 3.10. The Morgan fingerprint density at radius 1 is 0.960 bits per heavy atom. The molecular formula is C19H26N4O2. The molecule has 3 rings (SSSR count). The molecule has 25 heavy (non-hydrogen) atoms. The van der Waals surface area contributed by atoms with E-state index < -0.39 is 0 Å². The molecule has 0 spiro atoms. The molecule has 0 amide bonds. The molecule has 0 unspecified atom stereocenters. The van der Waals surface area contributed by atoms with Crippen LogP contribution >= 0.6 is 0 Å². The van der Waals surface area contributed by atoms with E-state index in [1.807, 2.05) is 25.1 Å². The smallest absolute Gasteiger partial charge is 0.229 e. The summed E-state index contributed by atoms with van der Waals surface area (Å²) in [4.78, 5) is 11.6. The summed E-state index contributed by atoms with van der Waals surface area (Å²) in [6.45, 7) is 4.10. The standard InChI is InChI=1S/C19H26N4O2/c1-14-12-18(23-10-6-4-5-7-11-23)22-19(20-14)21-16-13-15(24-2)8-9-17(16)25-3/h8-9,12-13H,4-7,10-11H2,1-3H3,(H,20,21,22). The van der Waals surface area contributed by atoms with Crippen LogP contribution < -0.4 is 19.7 Å². The van der Waals surface area contributed by atoms with Crippen molar-refractivity contribution in [3.05, 3.63) is 30.0 Å². The molecule has 0 bridgehead atoms. The number of ether oxygens (including phenoxy) is 2. The molecule has 1 aromatic carbocycles. The van der Waals surface area contributed by atoms with Gasteiger partial charge in [0.2, 0.25) is 5.95 Å². The van der Waals surface area contributed by atoms with Gasteiger partial charge in [0.25, 0.3) is 0 Å². The summed E-state index contributed by atoms with van der Waals surface area (Å²) in [6, 6.07) is 7.67. The predicted molar refractivity (Wildman–Crippen MR) is 100 cm³/mol. The molecule has 1 aliphatic heterocycles. The van der Waals surface area contributed by atoms with Gasteiger partial charge in [0.1, 0.15) is 17.3 Å². The maximum Gasteiger partial charge on any atom is 0.229 e. The zero-order chi connectivity index (χ0) is 17.6. The van der Waals surface area contributed by atoms with Crippen LogP contribution in [0.15, 0.2) is 24.3 Å². The van der Waals surface area contributed by atoms with Gasteiger partial charge >= 0.3 is 0 Å². The Labute approximate surface area is 149 Å². The topological polar surface area (TPSA) is 59.5 Å². The van der Waals surface area contributed by atoms with Gasteiger partial charge in [-0.1, -0.05) is 12.8 Å². The van der Waals surface area contributed by atoms with Crippen molar-refractivity contribution in [3.63, 3.8) is 0 Å². The lowest BCUT2D eigenvalue weighted by molar-refractivity contribution is 0.405. The Kier molecular flexibility index (Phi) is 5.58. The number of aryl methyl sites for hydroxylation is 1. The van der Waals surface area contributed by atoms with E-state index in [0.29, 0.717) is 5.95 Å². The number of methoxy groups -OCH3 is 2. The SMILES string of the molecule is COc1ccc(OC)c(Nc2nc(C)cc(N3CCCCCC3)n2)c1. The van der Waals surface area contributed by atoms with Crippen LogP contribution in [0.2, 0.25) is 0 Å². The number of benzene rings is 1. The van der Waals surface area contributed by atoms with Crippen molar-refractivity contribution in [2.45, 2.75) is 32.6 Å². The molecule has 6 heteroatoms. The normalized spacial score (nSPS) is 14.8. The Bertz CT molecular complexity index is 713. The van der Waals surface area contributed by atoms with Gasteiger partial charge in [-0.25, -0.2) is 4.98 Å². The average Bonchev–Trinajstić information content (AvgIpc) is 2.90. The Balaban J connectivity index is 1.87. The predicted octanol–water partition coefficient (Wildman–Crippen LogP) is 3.93. The fourth-order valence-corrected chi connectivity index (χ4v) is 3.10. The van der Waals surface area contributed by atoms with Crippen LogP contribution in [0.3, 0.4) is 0 Å². The molecule has 0 saturated carbocycles. The number of rotatable bonds is 5. The van der Waals surface area contributed by atoms with Gasteiger partial charge in [-0.05, 0) is 31.9 Å². The number of hydrogen-bond acceptors (Lipinski definition) is 6. The van der Waals surface area contributed by atoms with E-state index in [0.717, 1.165) is 41.8 Å². The van der Waals surface area contributed by atoms with Gasteiger partial charge in [-0.15, -0.1) is 0 Å². The molecule has 0 aliphatic carbocycles. The Hall–Kier alpha value is -2.50. The third-order valence-corrected chi connectivity index (χ3v) is 4.42. The van der Waals surface area contributed by atoms with Crippen molar-refractivity contribution < 1.29 is 9.47 Å². The molecule has 1 N–H and O–H groups in total. The summed E-state index contributed by atoms with van der Waals surface area (Å²) in [5.74, 6) is 3.04. The van der Waals surface area contributed by atoms with Gasteiger partial charge in [0, 0.05) is 30.9 Å². The van der Waals surface area contributed by atoms with Crippen molar-refractivity contribution in [1.29, 1.82) is 0 Å². The zero-order valence-corrected chi connectivity index (χ0v) is 15.2. The molecule has 0 atom stereocenters. The van der Waals surface area contributed by atoms with Gasteiger partial charge in [-0.2, -0.15) is 4.98 Å². The fraction of sp³-hybridized carbons (Fsp3) is 0.474. The van der Waals surface area contributed by atoms with Crippen LogP contribution in [0.25, 0.3) is 0 Å². The van der Waals surface area contributed by atoms with Crippen molar-refractivity contribution in [2.75, 3.05) is 37.5 Å². The number of aromatic nitrogens is 2. The van der Waals surface area contributed by atoms with Crippen LogP contribution in [-0.2, 0) is 0 Å². The number of hydrogen-bond donors (Lipinski definition) is 1. The van der Waals surface area contributed by atoms with Crippen molar-refractivity contribution in [2.24, 2.45) is 0 Å². The lowest BCUT2D eigenvalue weighted by Crippen LogP contribution is -2.25. The summed E-state index contributed by atoms with van der Waals surface area (Å²) in [5.41, 5.74) is 1.73. The van der Waals surface area contributed by atoms with Crippen LogP contribution in [0.4, 0.5) is 17.5 Å². The second-order valence-corrected chi connectivity index (χ2v) is 6.28. The highest BCUT2D eigenvalue weighted by Crippen LogP contribution is 2.31. The van der Waals surface area contributed by atoms with Crippen LogP contribution in [0.5, 0.6) is 11.5 Å². The van der Waals surface area contributed by atoms with Gasteiger partial charge in [-0.3, -0.25) is 0 Å². The second kappa shape index (κ2) is 8.05. The highest BCUT2D eigenvalue weighted by molar-refractivity contribution is 5.65. The second-order valence-electron chi connectivity index (χ2n) is 6.28. The van der Waals surface area contributed by atoms with E-state index in [1.165, 1.54) is 25.7 Å². The summed E-state index contributed by atoms with van der Waals surface area (Å²) < 4.78 is 10.7. The van der Waals surface area contributed by atoms with E-state index in [-0.39, 0.29) is 0 Å².